The lowest BCUT2D eigenvalue weighted by Crippen LogP contribution is -2.42. The smallest absolute Gasteiger partial charge is 0.333 e. The molecule has 4 rings (SSSR count). The Morgan fingerprint density at radius 3 is 1.97 bits per heavy atom. The second-order valence-corrected chi connectivity index (χ2v) is 9.93. The first kappa shape index (κ1) is 22.0. The van der Waals surface area contributed by atoms with Gasteiger partial charge in [0.2, 0.25) is 10.0 Å². The first-order valence-electron chi connectivity index (χ1n) is 10.4. The van der Waals surface area contributed by atoms with E-state index in [0.717, 1.165) is 16.7 Å². The average molecular weight is 448 g/mol. The van der Waals surface area contributed by atoms with Crippen LogP contribution in [0.3, 0.4) is 0 Å². The molecule has 1 aliphatic heterocycles. The Kier molecular flexibility index (Phi) is 6.00. The lowest BCUT2D eigenvalue weighted by Gasteiger charge is -2.40. The van der Waals surface area contributed by atoms with Gasteiger partial charge in [-0.25, -0.2) is 13.2 Å². The number of carboxylic acids is 1. The summed E-state index contributed by atoms with van der Waals surface area (Å²) in [4.78, 5) is 12.3. The van der Waals surface area contributed by atoms with Gasteiger partial charge in [0.05, 0.1) is 22.6 Å². The number of hydrogen-bond acceptors (Lipinski definition) is 3. The molecule has 1 N–H and O–H groups in total. The zero-order valence-corrected chi connectivity index (χ0v) is 18.8. The number of carbonyl (C=O) groups is 1. The molecule has 6 heteroatoms. The molecule has 5 nitrogen and oxygen atoms in total. The fourth-order valence-corrected chi connectivity index (χ4v) is 5.93. The number of nitrogens with zero attached hydrogens (tertiary/aromatic N) is 1. The summed E-state index contributed by atoms with van der Waals surface area (Å²) in [6, 6.07) is 21.9. The number of aliphatic carboxylic acids is 1. The summed E-state index contributed by atoms with van der Waals surface area (Å²) in [7, 11) is -4.02. The number of hydrogen-bond donors (Lipinski definition) is 1. The van der Waals surface area contributed by atoms with Crippen molar-refractivity contribution in [2.45, 2.75) is 37.2 Å². The van der Waals surface area contributed by atoms with Crippen LogP contribution in [0.15, 0.2) is 95.4 Å². The van der Waals surface area contributed by atoms with Gasteiger partial charge in [0.15, 0.2) is 0 Å². The van der Waals surface area contributed by atoms with Crippen molar-refractivity contribution in [3.8, 4) is 0 Å². The number of aryl methyl sites for hydroxylation is 2. The van der Waals surface area contributed by atoms with Crippen molar-refractivity contribution < 1.29 is 18.3 Å². The van der Waals surface area contributed by atoms with E-state index in [0.29, 0.717) is 5.56 Å². The minimum absolute atomic E-state index is 0.0650. The predicted octanol–water partition coefficient (Wildman–Crippen LogP) is 5.19. The Balaban J connectivity index is 1.95. The minimum atomic E-state index is -4.02. The van der Waals surface area contributed by atoms with Crippen molar-refractivity contribution in [1.29, 1.82) is 0 Å². The molecule has 0 bridgehead atoms. The van der Waals surface area contributed by atoms with Gasteiger partial charge in [-0.15, -0.1) is 0 Å². The van der Waals surface area contributed by atoms with Crippen LogP contribution in [-0.2, 0) is 14.8 Å². The topological polar surface area (TPSA) is 74.7 Å². The fourth-order valence-electron chi connectivity index (χ4n) is 4.15. The summed E-state index contributed by atoms with van der Waals surface area (Å²) in [5, 5.41) is 9.96. The first-order chi connectivity index (χ1) is 15.3. The van der Waals surface area contributed by atoms with Gasteiger partial charge in [-0.2, -0.15) is 4.31 Å². The molecule has 164 valence electrons. The van der Waals surface area contributed by atoms with E-state index in [1.165, 1.54) is 4.31 Å². The van der Waals surface area contributed by atoms with Gasteiger partial charge in [-0.1, -0.05) is 83.9 Å². The van der Waals surface area contributed by atoms with Crippen LogP contribution in [0.2, 0.25) is 0 Å². The molecule has 0 aliphatic carbocycles. The molecule has 1 heterocycles. The third-order valence-corrected chi connectivity index (χ3v) is 7.73. The largest absolute Gasteiger partial charge is 0.478 e. The Morgan fingerprint density at radius 2 is 1.41 bits per heavy atom. The van der Waals surface area contributed by atoms with Crippen molar-refractivity contribution in [2.75, 3.05) is 0 Å². The molecule has 0 spiro atoms. The zero-order valence-electron chi connectivity index (χ0n) is 18.0. The number of benzene rings is 3. The van der Waals surface area contributed by atoms with Crippen molar-refractivity contribution in [3.05, 3.63) is 113 Å². The molecule has 0 saturated carbocycles. The highest BCUT2D eigenvalue weighted by Gasteiger charge is 2.44. The number of rotatable bonds is 5. The van der Waals surface area contributed by atoms with Gasteiger partial charge < -0.3 is 5.11 Å². The summed E-state index contributed by atoms with van der Waals surface area (Å²) in [5.41, 5.74) is 3.53. The number of carboxylic acid groups (broad SMARTS) is 1. The minimum Gasteiger partial charge on any atom is -0.478 e. The summed E-state index contributed by atoms with van der Waals surface area (Å²) >= 11 is 0. The van der Waals surface area contributed by atoms with E-state index in [1.807, 2.05) is 44.2 Å². The van der Waals surface area contributed by atoms with Crippen LogP contribution in [0.1, 0.15) is 40.8 Å². The van der Waals surface area contributed by atoms with Crippen LogP contribution in [0.25, 0.3) is 0 Å². The van der Waals surface area contributed by atoms with Gasteiger partial charge in [-0.3, -0.25) is 0 Å². The van der Waals surface area contributed by atoms with Gasteiger partial charge in [0.25, 0.3) is 0 Å². The molecule has 0 aromatic heterocycles. The fraction of sp³-hybridized carbons (Fsp3) is 0.192. The van der Waals surface area contributed by atoms with Crippen LogP contribution in [0, 0.1) is 13.8 Å². The molecule has 0 radical (unpaired) electrons. The molecule has 0 amide bonds. The number of sulfonamides is 1. The van der Waals surface area contributed by atoms with E-state index >= 15 is 0 Å². The first-order valence-corrected chi connectivity index (χ1v) is 11.9. The molecular formula is C26H25NO4S. The van der Waals surface area contributed by atoms with Crippen LogP contribution in [0.4, 0.5) is 0 Å². The Bertz CT molecular complexity index is 1250. The quantitative estimate of drug-likeness (QED) is 0.584. The summed E-state index contributed by atoms with van der Waals surface area (Å²) < 4.78 is 29.4. The highest BCUT2D eigenvalue weighted by molar-refractivity contribution is 7.89. The van der Waals surface area contributed by atoms with Crippen molar-refractivity contribution in [1.82, 2.24) is 4.31 Å². The molecule has 0 fully saturated rings. The highest BCUT2D eigenvalue weighted by atomic mass is 32.2. The maximum absolute atomic E-state index is 14.0. The monoisotopic (exact) mass is 447 g/mol. The lowest BCUT2D eigenvalue weighted by molar-refractivity contribution is -0.133. The van der Waals surface area contributed by atoms with Crippen LogP contribution < -0.4 is 0 Å². The van der Waals surface area contributed by atoms with Gasteiger partial charge >= 0.3 is 5.97 Å². The second kappa shape index (κ2) is 8.73. The van der Waals surface area contributed by atoms with Crippen LogP contribution in [0.5, 0.6) is 0 Å². The third-order valence-electron chi connectivity index (χ3n) is 5.84. The molecular weight excluding hydrogens is 422 g/mol. The van der Waals surface area contributed by atoms with Crippen molar-refractivity contribution >= 4 is 16.0 Å². The standard InChI is InChI=1S/C26H25NO4S/c1-18-8-12-20(13-9-18)24-17-16-23(26(28)29)25(21-6-4-3-5-7-21)27(24)32(30,31)22-14-10-19(2)11-15-22/h3-16,24-25H,17H2,1-2H3,(H,28,29). The lowest BCUT2D eigenvalue weighted by atomic mass is 9.89. The van der Waals surface area contributed by atoms with Gasteiger partial charge in [0.1, 0.15) is 0 Å². The Hall–Kier alpha value is -3.22. The normalized spacial score (nSPS) is 19.4. The van der Waals surface area contributed by atoms with E-state index in [4.69, 9.17) is 0 Å². The van der Waals surface area contributed by atoms with Crippen molar-refractivity contribution in [2.24, 2.45) is 0 Å². The molecule has 2 unspecified atom stereocenters. The van der Waals surface area contributed by atoms with Gasteiger partial charge in [0, 0.05) is 0 Å². The average Bonchev–Trinajstić information content (AvgIpc) is 2.79. The van der Waals surface area contributed by atoms with Gasteiger partial charge in [-0.05, 0) is 43.5 Å². The van der Waals surface area contributed by atoms with E-state index in [9.17, 15) is 18.3 Å². The van der Waals surface area contributed by atoms with E-state index in [2.05, 4.69) is 0 Å². The van der Waals surface area contributed by atoms with E-state index in [1.54, 1.807) is 54.6 Å². The predicted molar refractivity (Wildman–Crippen MR) is 124 cm³/mol. The Morgan fingerprint density at radius 1 is 0.844 bits per heavy atom. The summed E-state index contributed by atoms with van der Waals surface area (Å²) in [5.74, 6) is -1.12. The molecule has 3 aromatic rings. The molecule has 3 aromatic carbocycles. The summed E-state index contributed by atoms with van der Waals surface area (Å²) in [6.45, 7) is 3.87. The molecule has 2 atom stereocenters. The SMILES string of the molecule is Cc1ccc(C2CC=C(C(=O)O)C(c3ccccc3)N2S(=O)(=O)c2ccc(C)cc2)cc1. The summed E-state index contributed by atoms with van der Waals surface area (Å²) in [6.07, 6.45) is 1.94. The second-order valence-electron chi connectivity index (χ2n) is 8.09. The van der Waals surface area contributed by atoms with Crippen molar-refractivity contribution in [3.63, 3.8) is 0 Å². The zero-order chi connectivity index (χ0) is 22.9. The highest BCUT2D eigenvalue weighted by Crippen LogP contribution is 2.45. The maximum Gasteiger partial charge on any atom is 0.333 e. The third kappa shape index (κ3) is 4.11. The van der Waals surface area contributed by atoms with E-state index < -0.39 is 28.1 Å². The maximum atomic E-state index is 14.0. The van der Waals surface area contributed by atoms with Crippen LogP contribution in [-0.4, -0.2) is 23.8 Å². The Labute approximate surface area is 188 Å². The van der Waals surface area contributed by atoms with E-state index in [-0.39, 0.29) is 16.9 Å². The van der Waals surface area contributed by atoms with Crippen LogP contribution >= 0.6 is 0 Å². The molecule has 32 heavy (non-hydrogen) atoms. The molecule has 0 saturated heterocycles. The molecule has 1 aliphatic rings.